The minimum absolute atomic E-state index is 0.646. The van der Waals surface area contributed by atoms with Gasteiger partial charge >= 0.3 is 0 Å². The minimum atomic E-state index is 0.646. The van der Waals surface area contributed by atoms with Crippen molar-refractivity contribution in [2.45, 2.75) is 25.9 Å². The fraction of sp³-hybridized carbons (Fsp3) is 0.381. The van der Waals surface area contributed by atoms with Crippen molar-refractivity contribution in [1.82, 2.24) is 14.8 Å². The van der Waals surface area contributed by atoms with Gasteiger partial charge in [-0.05, 0) is 50.3 Å². The Bertz CT molecular complexity index is 884. The maximum atomic E-state index is 5.99. The first kappa shape index (κ1) is 16.3. The minimum Gasteiger partial charge on any atom is -0.441 e. The number of fused-ring (bicyclic) bond motifs is 1. The number of hydrogen-bond acceptors (Lipinski definition) is 4. The van der Waals surface area contributed by atoms with Gasteiger partial charge in [-0.15, -0.1) is 0 Å². The second kappa shape index (κ2) is 6.62. The Kier molecular flexibility index (Phi) is 4.32. The number of nitrogens with zero attached hydrogens (tertiary/aromatic N) is 3. The molecule has 0 radical (unpaired) electrons. The molecule has 1 aliphatic rings. The maximum Gasteiger partial charge on any atom is 0.226 e. The van der Waals surface area contributed by atoms with Crippen molar-refractivity contribution in [2.24, 2.45) is 0 Å². The molecule has 4 nitrogen and oxygen atoms in total. The zero-order valence-electron chi connectivity index (χ0n) is 15.2. The van der Waals surface area contributed by atoms with Crippen LogP contribution in [-0.2, 0) is 6.54 Å². The second-order valence-electron chi connectivity index (χ2n) is 7.23. The van der Waals surface area contributed by atoms with Gasteiger partial charge < -0.3 is 9.32 Å². The number of likely N-dealkylation sites (tertiary alicyclic amines) is 1. The van der Waals surface area contributed by atoms with Crippen LogP contribution in [0.4, 0.5) is 0 Å². The smallest absolute Gasteiger partial charge is 0.226 e. The molecule has 1 aliphatic heterocycles. The molecule has 0 aliphatic carbocycles. The van der Waals surface area contributed by atoms with Gasteiger partial charge in [-0.25, -0.2) is 4.98 Å². The molecular formula is C21H25N3O. The van der Waals surface area contributed by atoms with E-state index < -0.39 is 0 Å². The van der Waals surface area contributed by atoms with E-state index in [0.29, 0.717) is 6.04 Å². The third kappa shape index (κ3) is 3.32. The first-order valence-corrected chi connectivity index (χ1v) is 8.94. The van der Waals surface area contributed by atoms with Gasteiger partial charge in [0.25, 0.3) is 0 Å². The van der Waals surface area contributed by atoms with Crippen molar-refractivity contribution in [1.29, 1.82) is 0 Å². The first-order chi connectivity index (χ1) is 12.1. The molecule has 1 saturated heterocycles. The van der Waals surface area contributed by atoms with Crippen LogP contribution in [0.5, 0.6) is 0 Å². The highest BCUT2D eigenvalue weighted by Crippen LogP contribution is 2.27. The lowest BCUT2D eigenvalue weighted by Gasteiger charge is -2.19. The van der Waals surface area contributed by atoms with Crippen molar-refractivity contribution < 1.29 is 4.42 Å². The molecule has 4 rings (SSSR count). The quantitative estimate of drug-likeness (QED) is 0.723. The van der Waals surface area contributed by atoms with Crippen LogP contribution in [0.1, 0.15) is 17.9 Å². The van der Waals surface area contributed by atoms with E-state index >= 15 is 0 Å². The Hall–Kier alpha value is -2.17. The Morgan fingerprint density at radius 3 is 2.72 bits per heavy atom. The van der Waals surface area contributed by atoms with Gasteiger partial charge in [0.05, 0.1) is 5.69 Å². The molecule has 0 spiro atoms. The highest BCUT2D eigenvalue weighted by Gasteiger charge is 2.25. The Labute approximate surface area is 149 Å². The molecule has 2 heterocycles. The fourth-order valence-corrected chi connectivity index (χ4v) is 3.61. The van der Waals surface area contributed by atoms with Gasteiger partial charge in [-0.3, -0.25) is 4.90 Å². The van der Waals surface area contributed by atoms with Crippen molar-refractivity contribution in [3.63, 3.8) is 0 Å². The number of likely N-dealkylation sites (N-methyl/N-ethyl adjacent to an activating group) is 1. The van der Waals surface area contributed by atoms with E-state index in [2.05, 4.69) is 66.4 Å². The SMILES string of the molecule is Cc1oc(-c2ccc3ccccc3c2)nc1CN1CC[C@H](N(C)C)C1. The molecule has 2 aromatic carbocycles. The van der Waals surface area contributed by atoms with Gasteiger partial charge in [-0.1, -0.05) is 30.3 Å². The van der Waals surface area contributed by atoms with E-state index in [4.69, 9.17) is 9.40 Å². The monoisotopic (exact) mass is 335 g/mol. The van der Waals surface area contributed by atoms with Crippen molar-refractivity contribution in [3.8, 4) is 11.5 Å². The molecule has 1 fully saturated rings. The summed E-state index contributed by atoms with van der Waals surface area (Å²) in [7, 11) is 4.32. The van der Waals surface area contributed by atoms with Crippen LogP contribution in [-0.4, -0.2) is 48.0 Å². The predicted molar refractivity (Wildman–Crippen MR) is 102 cm³/mol. The Morgan fingerprint density at radius 2 is 1.96 bits per heavy atom. The summed E-state index contributed by atoms with van der Waals surface area (Å²) in [5.74, 6) is 1.65. The topological polar surface area (TPSA) is 32.5 Å². The van der Waals surface area contributed by atoms with Crippen molar-refractivity contribution >= 4 is 10.8 Å². The standard InChI is InChI=1S/C21H25N3O/c1-15-20(14-24-11-10-19(13-24)23(2)3)22-21(25-15)18-9-8-16-6-4-5-7-17(16)12-18/h4-9,12,19H,10-11,13-14H2,1-3H3/t19-/m0/s1. The van der Waals surface area contributed by atoms with Crippen LogP contribution in [0, 0.1) is 6.92 Å². The first-order valence-electron chi connectivity index (χ1n) is 8.94. The highest BCUT2D eigenvalue weighted by molar-refractivity contribution is 5.86. The lowest BCUT2D eigenvalue weighted by Crippen LogP contribution is -2.31. The van der Waals surface area contributed by atoms with Crippen LogP contribution in [0.15, 0.2) is 46.9 Å². The van der Waals surface area contributed by atoms with Crippen LogP contribution in [0.3, 0.4) is 0 Å². The molecule has 3 aromatic rings. The third-order valence-electron chi connectivity index (χ3n) is 5.24. The van der Waals surface area contributed by atoms with E-state index in [1.54, 1.807) is 0 Å². The maximum absolute atomic E-state index is 5.99. The molecule has 0 amide bonds. The van der Waals surface area contributed by atoms with Crippen LogP contribution < -0.4 is 0 Å². The van der Waals surface area contributed by atoms with Crippen LogP contribution >= 0.6 is 0 Å². The summed E-state index contributed by atoms with van der Waals surface area (Å²) in [4.78, 5) is 9.59. The normalized spacial score (nSPS) is 18.5. The molecule has 1 aromatic heterocycles. The van der Waals surface area contributed by atoms with Crippen molar-refractivity contribution in [3.05, 3.63) is 53.9 Å². The van der Waals surface area contributed by atoms with Crippen LogP contribution in [0.25, 0.3) is 22.2 Å². The Balaban J connectivity index is 1.55. The van der Waals surface area contributed by atoms with E-state index in [-0.39, 0.29) is 0 Å². The van der Waals surface area contributed by atoms with Gasteiger partial charge in [0.2, 0.25) is 5.89 Å². The average Bonchev–Trinajstić information content (AvgIpc) is 3.22. The van der Waals surface area contributed by atoms with E-state index in [9.17, 15) is 0 Å². The summed E-state index contributed by atoms with van der Waals surface area (Å²) in [6.45, 7) is 5.12. The zero-order valence-corrected chi connectivity index (χ0v) is 15.2. The fourth-order valence-electron chi connectivity index (χ4n) is 3.61. The second-order valence-corrected chi connectivity index (χ2v) is 7.23. The molecule has 25 heavy (non-hydrogen) atoms. The number of benzene rings is 2. The lowest BCUT2D eigenvalue weighted by molar-refractivity contribution is 0.262. The molecule has 130 valence electrons. The summed E-state index contributed by atoms with van der Waals surface area (Å²) in [6, 6.07) is 15.4. The summed E-state index contributed by atoms with van der Waals surface area (Å²) < 4.78 is 5.99. The largest absolute Gasteiger partial charge is 0.441 e. The number of hydrogen-bond donors (Lipinski definition) is 0. The summed E-state index contributed by atoms with van der Waals surface area (Å²) in [5, 5.41) is 2.45. The van der Waals surface area contributed by atoms with E-state index in [1.165, 1.54) is 17.2 Å². The highest BCUT2D eigenvalue weighted by atomic mass is 16.4. The molecule has 4 heteroatoms. The lowest BCUT2D eigenvalue weighted by atomic mass is 10.1. The van der Waals surface area contributed by atoms with Gasteiger partial charge in [0.15, 0.2) is 0 Å². The van der Waals surface area contributed by atoms with Gasteiger partial charge in [-0.2, -0.15) is 0 Å². The molecule has 0 saturated carbocycles. The molecular weight excluding hydrogens is 310 g/mol. The third-order valence-corrected chi connectivity index (χ3v) is 5.24. The number of aromatic nitrogens is 1. The summed E-state index contributed by atoms with van der Waals surface area (Å²) in [6.07, 6.45) is 1.22. The van der Waals surface area contributed by atoms with E-state index in [1.807, 2.05) is 6.92 Å². The zero-order chi connectivity index (χ0) is 17.4. The number of rotatable bonds is 4. The van der Waals surface area contributed by atoms with Gasteiger partial charge in [0, 0.05) is 31.2 Å². The number of aryl methyl sites for hydroxylation is 1. The van der Waals surface area contributed by atoms with Crippen LogP contribution in [0.2, 0.25) is 0 Å². The summed E-state index contributed by atoms with van der Waals surface area (Å²) >= 11 is 0. The van der Waals surface area contributed by atoms with E-state index in [0.717, 1.165) is 42.5 Å². The molecule has 0 N–H and O–H groups in total. The molecule has 0 unspecified atom stereocenters. The summed E-state index contributed by atoms with van der Waals surface area (Å²) in [5.41, 5.74) is 2.10. The number of oxazole rings is 1. The average molecular weight is 335 g/mol. The molecule has 1 atom stereocenters. The predicted octanol–water partition coefficient (Wildman–Crippen LogP) is 3.94. The molecule has 0 bridgehead atoms. The van der Waals surface area contributed by atoms with Crippen molar-refractivity contribution in [2.75, 3.05) is 27.2 Å². The van der Waals surface area contributed by atoms with Gasteiger partial charge in [0.1, 0.15) is 5.76 Å². The Morgan fingerprint density at radius 1 is 1.16 bits per heavy atom.